The number of aliphatic hydroxyl groups is 2. The maximum absolute atomic E-state index is 12.4. The van der Waals surface area contributed by atoms with Crippen molar-refractivity contribution in [2.45, 2.75) is 418 Å². The summed E-state index contributed by atoms with van der Waals surface area (Å²) >= 11 is 0. The van der Waals surface area contributed by atoms with Gasteiger partial charge in [-0.25, -0.2) is 0 Å². The highest BCUT2D eigenvalue weighted by Crippen LogP contribution is 2.19. The summed E-state index contributed by atoms with van der Waals surface area (Å²) in [6.07, 6.45) is 83.0. The zero-order valence-electron chi connectivity index (χ0n) is 52.5. The van der Waals surface area contributed by atoms with Gasteiger partial charge in [0.05, 0.1) is 25.4 Å². The minimum Gasteiger partial charge on any atom is -0.466 e. The fraction of sp³-hybridized carbons (Fsp3) is 0.944. The molecule has 458 valence electrons. The van der Waals surface area contributed by atoms with Crippen LogP contribution in [-0.2, 0) is 14.3 Å². The van der Waals surface area contributed by atoms with Crippen molar-refractivity contribution < 1.29 is 24.5 Å². The van der Waals surface area contributed by atoms with Crippen molar-refractivity contribution in [3.8, 4) is 0 Å². The molecule has 6 heteroatoms. The SMILES string of the molecule is CCCCCCCCCCCCCC(=O)OCCCCCCCCCCCCCCCCCCCC/C=C\CCCCCCCCCCCCCCCCCCCC(=O)NC(CO)C(O)CCCCCCCCCCCC. The number of aliphatic hydroxyl groups excluding tert-OH is 2. The Labute approximate surface area is 482 Å². The van der Waals surface area contributed by atoms with E-state index in [1.165, 1.54) is 334 Å². The number of amides is 1. The topological polar surface area (TPSA) is 95.9 Å². The molecule has 0 rings (SSSR count). The van der Waals surface area contributed by atoms with Crippen molar-refractivity contribution in [1.82, 2.24) is 5.32 Å². The number of carbonyl (C=O) groups is 2. The second-order valence-corrected chi connectivity index (χ2v) is 24.6. The molecule has 0 spiro atoms. The number of nitrogens with one attached hydrogen (secondary N) is 1. The lowest BCUT2D eigenvalue weighted by Gasteiger charge is -2.22. The van der Waals surface area contributed by atoms with E-state index in [4.69, 9.17) is 4.74 Å². The first-order valence-corrected chi connectivity index (χ1v) is 35.4. The molecule has 0 radical (unpaired) electrons. The summed E-state index contributed by atoms with van der Waals surface area (Å²) in [5.41, 5.74) is 0. The highest BCUT2D eigenvalue weighted by Gasteiger charge is 2.20. The van der Waals surface area contributed by atoms with E-state index in [1.807, 2.05) is 0 Å². The first-order chi connectivity index (χ1) is 38.0. The number of carbonyl (C=O) groups excluding carboxylic acids is 2. The minimum atomic E-state index is -0.658. The molecule has 2 atom stereocenters. The third-order valence-corrected chi connectivity index (χ3v) is 16.8. The van der Waals surface area contributed by atoms with E-state index >= 15 is 0 Å². The molecule has 0 fully saturated rings. The number of hydrogen-bond acceptors (Lipinski definition) is 5. The zero-order valence-corrected chi connectivity index (χ0v) is 52.5. The van der Waals surface area contributed by atoms with Gasteiger partial charge in [-0.2, -0.15) is 0 Å². The Kier molecular flexibility index (Phi) is 65.9. The van der Waals surface area contributed by atoms with Crippen LogP contribution in [0.4, 0.5) is 0 Å². The van der Waals surface area contributed by atoms with E-state index in [2.05, 4.69) is 31.3 Å². The first kappa shape index (κ1) is 75.6. The summed E-state index contributed by atoms with van der Waals surface area (Å²) in [7, 11) is 0. The zero-order chi connectivity index (χ0) is 55.7. The molecule has 2 unspecified atom stereocenters. The van der Waals surface area contributed by atoms with Crippen molar-refractivity contribution in [1.29, 1.82) is 0 Å². The minimum absolute atomic E-state index is 0.0228. The molecular formula is C71H139NO5. The fourth-order valence-corrected chi connectivity index (χ4v) is 11.4. The molecule has 0 aromatic rings. The Balaban J connectivity index is 3.29. The van der Waals surface area contributed by atoms with Gasteiger partial charge in [-0.15, -0.1) is 0 Å². The lowest BCUT2D eigenvalue weighted by molar-refractivity contribution is -0.143. The van der Waals surface area contributed by atoms with Gasteiger partial charge in [0.2, 0.25) is 5.91 Å². The van der Waals surface area contributed by atoms with E-state index in [1.54, 1.807) is 0 Å². The predicted octanol–water partition coefficient (Wildman–Crippen LogP) is 22.8. The molecule has 1 amide bonds. The van der Waals surface area contributed by atoms with E-state index in [0.717, 1.165) is 38.5 Å². The van der Waals surface area contributed by atoms with Crippen molar-refractivity contribution in [3.05, 3.63) is 12.2 Å². The number of hydrogen-bond donors (Lipinski definition) is 3. The largest absolute Gasteiger partial charge is 0.466 e. The summed E-state index contributed by atoms with van der Waals surface area (Å²) in [4.78, 5) is 24.5. The van der Waals surface area contributed by atoms with Gasteiger partial charge in [-0.3, -0.25) is 9.59 Å². The molecule has 0 aromatic carbocycles. The second kappa shape index (κ2) is 67.1. The lowest BCUT2D eigenvalue weighted by Crippen LogP contribution is -2.45. The van der Waals surface area contributed by atoms with Gasteiger partial charge >= 0.3 is 5.97 Å². The van der Waals surface area contributed by atoms with Gasteiger partial charge in [-0.05, 0) is 51.4 Å². The molecular weight excluding hydrogens is 947 g/mol. The number of esters is 1. The van der Waals surface area contributed by atoms with Gasteiger partial charge < -0.3 is 20.3 Å². The normalized spacial score (nSPS) is 12.5. The predicted molar refractivity (Wildman–Crippen MR) is 338 cm³/mol. The Hall–Kier alpha value is -1.40. The molecule has 0 bridgehead atoms. The molecule has 0 saturated heterocycles. The van der Waals surface area contributed by atoms with Crippen molar-refractivity contribution in [2.24, 2.45) is 0 Å². The molecule has 6 nitrogen and oxygen atoms in total. The summed E-state index contributed by atoms with van der Waals surface area (Å²) in [5.74, 6) is -0.00731. The second-order valence-electron chi connectivity index (χ2n) is 24.6. The number of unbranched alkanes of at least 4 members (excludes halogenated alkanes) is 54. The van der Waals surface area contributed by atoms with E-state index in [0.29, 0.717) is 25.9 Å². The van der Waals surface area contributed by atoms with Crippen LogP contribution in [0, 0.1) is 0 Å². The van der Waals surface area contributed by atoms with Crippen LogP contribution in [0.1, 0.15) is 406 Å². The van der Waals surface area contributed by atoms with Crippen LogP contribution < -0.4 is 5.32 Å². The number of rotatable bonds is 67. The first-order valence-electron chi connectivity index (χ1n) is 35.4. The van der Waals surface area contributed by atoms with Gasteiger partial charge in [0, 0.05) is 12.8 Å². The fourth-order valence-electron chi connectivity index (χ4n) is 11.4. The van der Waals surface area contributed by atoms with Crippen LogP contribution in [0.15, 0.2) is 12.2 Å². The van der Waals surface area contributed by atoms with Gasteiger partial charge in [0.1, 0.15) is 0 Å². The Morgan fingerprint density at radius 3 is 0.922 bits per heavy atom. The third-order valence-electron chi connectivity index (χ3n) is 16.8. The molecule has 0 aliphatic heterocycles. The summed E-state index contributed by atoms with van der Waals surface area (Å²) in [6.45, 7) is 4.97. The molecule has 0 aliphatic carbocycles. The van der Waals surface area contributed by atoms with Crippen LogP contribution in [0.25, 0.3) is 0 Å². The van der Waals surface area contributed by atoms with E-state index < -0.39 is 12.1 Å². The summed E-state index contributed by atoms with van der Waals surface area (Å²) in [6, 6.07) is -0.535. The summed E-state index contributed by atoms with van der Waals surface area (Å²) < 4.78 is 5.48. The van der Waals surface area contributed by atoms with Gasteiger partial charge in [0.25, 0.3) is 0 Å². The van der Waals surface area contributed by atoms with Crippen molar-refractivity contribution in [3.63, 3.8) is 0 Å². The van der Waals surface area contributed by atoms with Crippen LogP contribution in [0.5, 0.6) is 0 Å². The van der Waals surface area contributed by atoms with Crippen LogP contribution in [-0.4, -0.2) is 47.4 Å². The van der Waals surface area contributed by atoms with Gasteiger partial charge in [-0.1, -0.05) is 353 Å². The maximum atomic E-state index is 12.4. The average molecular weight is 1090 g/mol. The van der Waals surface area contributed by atoms with E-state index in [9.17, 15) is 19.8 Å². The van der Waals surface area contributed by atoms with Crippen molar-refractivity contribution >= 4 is 11.9 Å². The third kappa shape index (κ3) is 63.6. The highest BCUT2D eigenvalue weighted by atomic mass is 16.5. The van der Waals surface area contributed by atoms with E-state index in [-0.39, 0.29) is 18.5 Å². The molecule has 0 heterocycles. The molecule has 0 aliphatic rings. The Morgan fingerprint density at radius 2 is 0.610 bits per heavy atom. The lowest BCUT2D eigenvalue weighted by atomic mass is 10.0. The molecule has 3 N–H and O–H groups in total. The molecule has 0 saturated carbocycles. The quantitative estimate of drug-likeness (QED) is 0.0320. The number of allylic oxidation sites excluding steroid dienone is 2. The standard InChI is InChI=1S/C71H139NO5/c1-3-5-7-9-11-13-44-49-53-57-61-65-71(76)77-66-62-58-54-50-46-43-41-39-37-35-33-31-29-27-25-23-21-19-17-15-16-18-20-22-24-26-28-30-32-34-36-38-40-42-45-48-52-56-60-64-70(75)72-68(67-73)69(74)63-59-55-51-47-14-12-10-8-6-4-2/h15-16,68-69,73-74H,3-14,17-67H2,1-2H3,(H,72,75)/b16-15-. The Bertz CT molecular complexity index is 1160. The smallest absolute Gasteiger partial charge is 0.305 e. The average Bonchev–Trinajstić information content (AvgIpc) is 3.43. The Morgan fingerprint density at radius 1 is 0.351 bits per heavy atom. The monoisotopic (exact) mass is 1090 g/mol. The van der Waals surface area contributed by atoms with Crippen LogP contribution >= 0.6 is 0 Å². The van der Waals surface area contributed by atoms with Crippen molar-refractivity contribution in [2.75, 3.05) is 13.2 Å². The highest BCUT2D eigenvalue weighted by molar-refractivity contribution is 5.76. The van der Waals surface area contributed by atoms with Crippen LogP contribution in [0.3, 0.4) is 0 Å². The van der Waals surface area contributed by atoms with Gasteiger partial charge in [0.15, 0.2) is 0 Å². The molecule has 77 heavy (non-hydrogen) atoms. The molecule has 0 aromatic heterocycles. The number of ether oxygens (including phenoxy) is 1. The summed E-state index contributed by atoms with van der Waals surface area (Å²) in [5, 5.41) is 23.2. The van der Waals surface area contributed by atoms with Crippen LogP contribution in [0.2, 0.25) is 0 Å². The maximum Gasteiger partial charge on any atom is 0.305 e.